The van der Waals surface area contributed by atoms with Crippen LogP contribution in [0, 0.1) is 0 Å². The number of benzene rings is 3. The van der Waals surface area contributed by atoms with E-state index in [1.807, 2.05) is 54.6 Å². The van der Waals surface area contributed by atoms with Crippen molar-refractivity contribution in [2.75, 3.05) is 13.1 Å². The maximum atomic E-state index is 12.9. The van der Waals surface area contributed by atoms with E-state index in [1.54, 1.807) is 29.2 Å². The van der Waals surface area contributed by atoms with Crippen molar-refractivity contribution in [2.45, 2.75) is 19.0 Å². The van der Waals surface area contributed by atoms with Crippen molar-refractivity contribution in [1.29, 1.82) is 0 Å². The van der Waals surface area contributed by atoms with Crippen molar-refractivity contribution in [3.05, 3.63) is 116 Å². The average molecular weight is 469 g/mol. The number of aromatic amines is 1. The van der Waals surface area contributed by atoms with Gasteiger partial charge < -0.3 is 15.2 Å². The van der Waals surface area contributed by atoms with Crippen LogP contribution < -0.4 is 16.6 Å². The number of hydrogen-bond donors (Lipinski definition) is 2. The number of H-pyrrole nitrogens is 1. The Morgan fingerprint density at radius 2 is 1.63 bits per heavy atom. The fourth-order valence-electron chi connectivity index (χ4n) is 4.52. The highest BCUT2D eigenvalue weighted by Gasteiger charge is 2.29. The monoisotopic (exact) mass is 468 g/mol. The van der Waals surface area contributed by atoms with Crippen LogP contribution in [0.5, 0.6) is 0 Å². The summed E-state index contributed by atoms with van der Waals surface area (Å²) < 4.78 is 0.899. The Bertz CT molecular complexity index is 1520. The van der Waals surface area contributed by atoms with E-state index in [-0.39, 0.29) is 18.4 Å². The van der Waals surface area contributed by atoms with Gasteiger partial charge in [-0.25, -0.2) is 4.79 Å². The second-order valence-electron chi connectivity index (χ2n) is 8.62. The lowest BCUT2D eigenvalue weighted by Gasteiger charge is -2.24. The van der Waals surface area contributed by atoms with Crippen LogP contribution in [0.2, 0.25) is 0 Å². The first kappa shape index (κ1) is 22.3. The van der Waals surface area contributed by atoms with Crippen molar-refractivity contribution in [2.24, 2.45) is 0 Å². The van der Waals surface area contributed by atoms with E-state index in [1.165, 1.54) is 0 Å². The van der Waals surface area contributed by atoms with E-state index >= 15 is 0 Å². The average Bonchev–Trinajstić information content (AvgIpc) is 3.20. The normalized spacial score (nSPS) is 13.6. The van der Waals surface area contributed by atoms with Crippen molar-refractivity contribution in [1.82, 2.24) is 19.8 Å². The van der Waals surface area contributed by atoms with Gasteiger partial charge in [0, 0.05) is 31.1 Å². The van der Waals surface area contributed by atoms with Crippen molar-refractivity contribution >= 4 is 22.7 Å². The highest BCUT2D eigenvalue weighted by molar-refractivity contribution is 5.98. The third-order valence-electron chi connectivity index (χ3n) is 6.34. The molecule has 35 heavy (non-hydrogen) atoms. The molecule has 1 aliphatic heterocycles. The molecular weight excluding hydrogens is 444 g/mol. The summed E-state index contributed by atoms with van der Waals surface area (Å²) >= 11 is 0. The van der Waals surface area contributed by atoms with Crippen LogP contribution in [0.25, 0.3) is 10.9 Å². The fraction of sp³-hybridized carbons (Fsp3) is 0.185. The molecule has 0 radical (unpaired) electrons. The second-order valence-corrected chi connectivity index (χ2v) is 8.62. The second kappa shape index (κ2) is 9.42. The summed E-state index contributed by atoms with van der Waals surface area (Å²) in [5, 5.41) is 3.19. The van der Waals surface area contributed by atoms with Gasteiger partial charge in [-0.05, 0) is 29.3 Å². The Hall–Kier alpha value is -4.46. The SMILES string of the molecule is O=C(Cn1c(=O)[nH]c2ccccc2c1=O)NCC(CN1Cc2ccccc2C1=O)c1ccccc1. The summed E-state index contributed by atoms with van der Waals surface area (Å²) in [7, 11) is 0. The molecule has 4 aromatic rings. The highest BCUT2D eigenvalue weighted by Crippen LogP contribution is 2.26. The van der Waals surface area contributed by atoms with Gasteiger partial charge in [0.25, 0.3) is 11.5 Å². The summed E-state index contributed by atoms with van der Waals surface area (Å²) in [6.45, 7) is 0.806. The van der Waals surface area contributed by atoms with Gasteiger partial charge in [0.2, 0.25) is 5.91 Å². The summed E-state index contributed by atoms with van der Waals surface area (Å²) in [5.41, 5.74) is 1.96. The molecule has 3 aromatic carbocycles. The van der Waals surface area contributed by atoms with Crippen LogP contribution in [0.3, 0.4) is 0 Å². The molecule has 2 amide bonds. The zero-order valence-corrected chi connectivity index (χ0v) is 18.9. The molecule has 0 spiro atoms. The molecule has 1 aromatic heterocycles. The maximum absolute atomic E-state index is 12.9. The number of amides is 2. The zero-order chi connectivity index (χ0) is 24.4. The Morgan fingerprint density at radius 1 is 0.914 bits per heavy atom. The number of carbonyl (C=O) groups excluding carboxylic acids is 2. The van der Waals surface area contributed by atoms with Crippen molar-refractivity contribution in [3.8, 4) is 0 Å². The van der Waals surface area contributed by atoms with Crippen molar-refractivity contribution in [3.63, 3.8) is 0 Å². The van der Waals surface area contributed by atoms with Gasteiger partial charge in [-0.2, -0.15) is 0 Å². The quantitative estimate of drug-likeness (QED) is 0.434. The molecule has 8 nitrogen and oxygen atoms in total. The van der Waals surface area contributed by atoms with Gasteiger partial charge in [-0.3, -0.25) is 19.0 Å². The first-order valence-corrected chi connectivity index (χ1v) is 11.4. The summed E-state index contributed by atoms with van der Waals surface area (Å²) in [6, 6.07) is 23.9. The Balaban J connectivity index is 1.32. The number of para-hydroxylation sites is 1. The van der Waals surface area contributed by atoms with E-state index < -0.39 is 23.7 Å². The van der Waals surface area contributed by atoms with Gasteiger partial charge in [0.05, 0.1) is 10.9 Å². The molecule has 1 unspecified atom stereocenters. The molecule has 2 N–H and O–H groups in total. The zero-order valence-electron chi connectivity index (χ0n) is 18.9. The number of hydrogen-bond acceptors (Lipinski definition) is 4. The van der Waals surface area contributed by atoms with Crippen LogP contribution in [-0.2, 0) is 17.9 Å². The van der Waals surface area contributed by atoms with Crippen LogP contribution in [0.15, 0.2) is 88.5 Å². The fourth-order valence-corrected chi connectivity index (χ4v) is 4.52. The minimum absolute atomic E-state index is 0.0258. The molecular formula is C27H24N4O4. The van der Waals surface area contributed by atoms with Crippen LogP contribution >= 0.6 is 0 Å². The number of aromatic nitrogens is 2. The number of nitrogens with one attached hydrogen (secondary N) is 2. The Kier molecular flexibility index (Phi) is 6.01. The van der Waals surface area contributed by atoms with E-state index in [0.717, 1.165) is 15.7 Å². The lowest BCUT2D eigenvalue weighted by atomic mass is 9.98. The standard InChI is InChI=1S/C27H24N4O4/c32-24(17-31-26(34)22-12-6-7-13-23(22)29-27(31)35)28-14-20(18-8-2-1-3-9-18)16-30-15-19-10-4-5-11-21(19)25(30)33/h1-13,20H,14-17H2,(H,28,32)(H,29,35). The van der Waals surface area contributed by atoms with Gasteiger partial charge in [0.1, 0.15) is 6.54 Å². The molecule has 176 valence electrons. The predicted octanol–water partition coefficient (Wildman–Crippen LogP) is 2.25. The third kappa shape index (κ3) is 4.50. The summed E-state index contributed by atoms with van der Waals surface area (Å²) in [6.07, 6.45) is 0. The Labute approximate surface area is 200 Å². The molecule has 5 rings (SSSR count). The molecule has 0 bridgehead atoms. The summed E-state index contributed by atoms with van der Waals surface area (Å²) in [4.78, 5) is 55.2. The first-order chi connectivity index (χ1) is 17.0. The van der Waals surface area contributed by atoms with Crippen LogP contribution in [0.1, 0.15) is 27.4 Å². The minimum atomic E-state index is -0.635. The number of carbonyl (C=O) groups is 2. The van der Waals surface area contributed by atoms with Crippen LogP contribution in [-0.4, -0.2) is 39.4 Å². The first-order valence-electron chi connectivity index (χ1n) is 11.4. The smallest absolute Gasteiger partial charge is 0.329 e. The lowest BCUT2D eigenvalue weighted by Crippen LogP contribution is -2.42. The number of fused-ring (bicyclic) bond motifs is 2. The predicted molar refractivity (Wildman–Crippen MR) is 132 cm³/mol. The summed E-state index contributed by atoms with van der Waals surface area (Å²) in [5.74, 6) is -0.642. The lowest BCUT2D eigenvalue weighted by molar-refractivity contribution is -0.121. The number of rotatable bonds is 7. The van der Waals surface area contributed by atoms with Gasteiger partial charge in [0.15, 0.2) is 0 Å². The molecule has 0 aliphatic carbocycles. The van der Waals surface area contributed by atoms with E-state index in [2.05, 4.69) is 10.3 Å². The molecule has 0 fully saturated rings. The van der Waals surface area contributed by atoms with Crippen molar-refractivity contribution < 1.29 is 9.59 Å². The van der Waals surface area contributed by atoms with E-state index in [9.17, 15) is 19.2 Å². The van der Waals surface area contributed by atoms with E-state index in [0.29, 0.717) is 29.6 Å². The van der Waals surface area contributed by atoms with Gasteiger partial charge in [-0.15, -0.1) is 0 Å². The largest absolute Gasteiger partial charge is 0.354 e. The molecule has 1 aliphatic rings. The maximum Gasteiger partial charge on any atom is 0.329 e. The van der Waals surface area contributed by atoms with Crippen LogP contribution in [0.4, 0.5) is 0 Å². The third-order valence-corrected chi connectivity index (χ3v) is 6.34. The Morgan fingerprint density at radius 3 is 2.43 bits per heavy atom. The highest BCUT2D eigenvalue weighted by atomic mass is 16.2. The number of nitrogens with zero attached hydrogens (tertiary/aromatic N) is 2. The molecule has 2 heterocycles. The van der Waals surface area contributed by atoms with Gasteiger partial charge >= 0.3 is 5.69 Å². The molecule has 0 saturated carbocycles. The molecule has 1 atom stereocenters. The minimum Gasteiger partial charge on any atom is -0.354 e. The van der Waals surface area contributed by atoms with Gasteiger partial charge in [-0.1, -0.05) is 60.7 Å². The molecule has 0 saturated heterocycles. The topological polar surface area (TPSA) is 104 Å². The molecule has 8 heteroatoms. The van der Waals surface area contributed by atoms with E-state index in [4.69, 9.17) is 0 Å².